The number of rotatable bonds is 8. The van der Waals surface area contributed by atoms with Gasteiger partial charge in [0.15, 0.2) is 0 Å². The van der Waals surface area contributed by atoms with E-state index >= 15 is 0 Å². The highest BCUT2D eigenvalue weighted by atomic mass is 32.2. The number of aliphatic hydroxyl groups is 2. The summed E-state index contributed by atoms with van der Waals surface area (Å²) in [6.45, 7) is 5.71. The van der Waals surface area contributed by atoms with Gasteiger partial charge in [-0.25, -0.2) is 0 Å². The average Bonchev–Trinajstić information content (AvgIpc) is 3.35. The first kappa shape index (κ1) is 27.7. The van der Waals surface area contributed by atoms with E-state index in [-0.39, 0.29) is 18.8 Å². The molecule has 3 aromatic rings. The zero-order valence-corrected chi connectivity index (χ0v) is 23.3. The van der Waals surface area contributed by atoms with Gasteiger partial charge in [-0.15, -0.1) is 0 Å². The Hall–Kier alpha value is -2.84. The molecule has 0 aliphatic carbocycles. The summed E-state index contributed by atoms with van der Waals surface area (Å²) >= 11 is 1.28. The Bertz CT molecular complexity index is 1380. The van der Waals surface area contributed by atoms with Gasteiger partial charge >= 0.3 is 0 Å². The van der Waals surface area contributed by atoms with Gasteiger partial charge in [0.2, 0.25) is 0 Å². The first-order valence-electron chi connectivity index (χ1n) is 13.4. The van der Waals surface area contributed by atoms with Crippen molar-refractivity contribution in [2.75, 3.05) is 44.4 Å². The Balaban J connectivity index is 1.29. The highest BCUT2D eigenvalue weighted by molar-refractivity contribution is 8.01. The maximum atomic E-state index is 10.0. The Morgan fingerprint density at radius 3 is 2.59 bits per heavy atom. The molecule has 2 aromatic carbocycles. The van der Waals surface area contributed by atoms with Crippen molar-refractivity contribution in [3.05, 3.63) is 59.1 Å². The minimum absolute atomic E-state index is 0.105. The molecule has 2 aliphatic rings. The Morgan fingerprint density at radius 2 is 1.82 bits per heavy atom. The van der Waals surface area contributed by atoms with Gasteiger partial charge in [-0.3, -0.25) is 4.72 Å². The molecule has 0 bridgehead atoms. The molecule has 0 amide bonds. The van der Waals surface area contributed by atoms with Gasteiger partial charge in [0.05, 0.1) is 38.1 Å². The third-order valence-corrected chi connectivity index (χ3v) is 8.50. The quantitative estimate of drug-likeness (QED) is 0.286. The van der Waals surface area contributed by atoms with Crippen molar-refractivity contribution in [3.63, 3.8) is 0 Å². The Kier molecular flexibility index (Phi) is 8.92. The number of hydrogen-bond acceptors (Lipinski definition) is 8. The molecule has 3 heterocycles. The van der Waals surface area contributed by atoms with Crippen LogP contribution in [0.5, 0.6) is 0 Å². The number of nitrogens with zero attached hydrogens (tertiary/aromatic N) is 3. The molecule has 0 radical (unpaired) electrons. The molecular formula is C30H36N4O4S. The lowest BCUT2D eigenvalue weighted by molar-refractivity contribution is -0.108. The second-order valence-electron chi connectivity index (χ2n) is 10.2. The van der Waals surface area contributed by atoms with Crippen LogP contribution in [0.1, 0.15) is 25.5 Å². The molecule has 206 valence electrons. The molecule has 8 nitrogen and oxygen atoms in total. The van der Waals surface area contributed by atoms with Gasteiger partial charge in [-0.2, -0.15) is 5.26 Å². The van der Waals surface area contributed by atoms with Crippen molar-refractivity contribution in [1.29, 1.82) is 5.26 Å². The normalized spacial score (nSPS) is 22.5. The van der Waals surface area contributed by atoms with E-state index in [4.69, 9.17) is 9.47 Å². The second kappa shape index (κ2) is 12.6. The molecule has 1 aromatic heterocycles. The number of hydrogen-bond donors (Lipinski definition) is 3. The van der Waals surface area contributed by atoms with Crippen LogP contribution in [-0.2, 0) is 16.5 Å². The Labute approximate surface area is 234 Å². The smallest absolute Gasteiger partial charge is 0.108 e. The second-order valence-corrected chi connectivity index (χ2v) is 11.1. The largest absolute Gasteiger partial charge is 0.394 e. The van der Waals surface area contributed by atoms with Crippen molar-refractivity contribution >= 4 is 34.0 Å². The van der Waals surface area contributed by atoms with Crippen molar-refractivity contribution in [2.24, 2.45) is 7.05 Å². The number of ether oxygens (including phenoxy) is 2. The van der Waals surface area contributed by atoms with Crippen LogP contribution in [0, 0.1) is 11.3 Å². The third-order valence-electron chi connectivity index (χ3n) is 7.59. The molecule has 2 saturated heterocycles. The van der Waals surface area contributed by atoms with Crippen LogP contribution in [0.4, 0.5) is 5.69 Å². The van der Waals surface area contributed by atoms with E-state index in [2.05, 4.69) is 68.8 Å². The number of morpholine rings is 1. The molecule has 39 heavy (non-hydrogen) atoms. The Morgan fingerprint density at radius 1 is 1.08 bits per heavy atom. The number of anilines is 1. The van der Waals surface area contributed by atoms with Crippen molar-refractivity contribution in [3.8, 4) is 17.3 Å². The first-order valence-corrected chi connectivity index (χ1v) is 14.3. The molecule has 2 fully saturated rings. The molecule has 2 aliphatic heterocycles. The van der Waals surface area contributed by atoms with Gasteiger partial charge in [0.25, 0.3) is 0 Å². The number of nitrogens with one attached hydrogen (secondary N) is 1. The van der Waals surface area contributed by atoms with Gasteiger partial charge in [0.1, 0.15) is 11.0 Å². The summed E-state index contributed by atoms with van der Waals surface area (Å²) in [5, 5.41) is 31.7. The summed E-state index contributed by atoms with van der Waals surface area (Å²) in [5.41, 5.74) is 5.30. The maximum Gasteiger partial charge on any atom is 0.108 e. The number of nitriles is 1. The lowest BCUT2D eigenvalue weighted by Gasteiger charge is -2.32. The van der Waals surface area contributed by atoms with Crippen molar-refractivity contribution < 1.29 is 19.7 Å². The zero-order chi connectivity index (χ0) is 27.4. The molecule has 9 heteroatoms. The van der Waals surface area contributed by atoms with Gasteiger partial charge in [0, 0.05) is 56.6 Å². The predicted molar refractivity (Wildman–Crippen MR) is 156 cm³/mol. The van der Waals surface area contributed by atoms with E-state index in [0.29, 0.717) is 24.3 Å². The summed E-state index contributed by atoms with van der Waals surface area (Å²) < 4.78 is 16.7. The minimum atomic E-state index is -0.482. The van der Waals surface area contributed by atoms with Crippen LogP contribution in [0.3, 0.4) is 0 Å². The number of fused-ring (bicyclic) bond motifs is 1. The van der Waals surface area contributed by atoms with E-state index in [0.717, 1.165) is 48.8 Å². The summed E-state index contributed by atoms with van der Waals surface area (Å²) in [4.78, 5) is 2.94. The summed E-state index contributed by atoms with van der Waals surface area (Å²) in [5.74, 6) is 0. The van der Waals surface area contributed by atoms with E-state index in [1.807, 2.05) is 14.0 Å². The monoisotopic (exact) mass is 548 g/mol. The lowest BCUT2D eigenvalue weighted by atomic mass is 10.0. The minimum Gasteiger partial charge on any atom is -0.394 e. The van der Waals surface area contributed by atoms with E-state index in [9.17, 15) is 15.5 Å². The van der Waals surface area contributed by atoms with E-state index < -0.39 is 6.10 Å². The van der Waals surface area contributed by atoms with Crippen molar-refractivity contribution in [2.45, 2.75) is 38.1 Å². The summed E-state index contributed by atoms with van der Waals surface area (Å²) in [7, 11) is 2.03. The predicted octanol–water partition coefficient (Wildman–Crippen LogP) is 4.08. The molecule has 5 rings (SSSR count). The fourth-order valence-corrected chi connectivity index (χ4v) is 6.15. The first-order chi connectivity index (χ1) is 19.0. The lowest BCUT2D eigenvalue weighted by Crippen LogP contribution is -2.41. The molecule has 0 spiro atoms. The van der Waals surface area contributed by atoms with Crippen LogP contribution in [0.2, 0.25) is 0 Å². The van der Waals surface area contributed by atoms with Crippen LogP contribution < -0.4 is 9.62 Å². The van der Waals surface area contributed by atoms with Crippen LogP contribution >= 0.6 is 11.9 Å². The number of allylic oxidation sites excluding steroid dienone is 2. The molecule has 3 atom stereocenters. The third kappa shape index (κ3) is 6.33. The fourth-order valence-electron chi connectivity index (χ4n) is 5.43. The number of benzene rings is 2. The molecule has 3 unspecified atom stereocenters. The average molecular weight is 549 g/mol. The van der Waals surface area contributed by atoms with Gasteiger partial charge in [-0.1, -0.05) is 18.2 Å². The number of aliphatic hydroxyl groups excluding tert-OH is 2. The highest BCUT2D eigenvalue weighted by Crippen LogP contribution is 2.32. The fraction of sp³-hybridized carbons (Fsp3) is 0.433. The zero-order valence-electron chi connectivity index (χ0n) is 22.5. The van der Waals surface area contributed by atoms with Crippen LogP contribution in [0.15, 0.2) is 53.4 Å². The van der Waals surface area contributed by atoms with Gasteiger partial charge < -0.3 is 29.2 Å². The standard InChI is InChI=1S/C30H36N4O4S/c1-20(30(17-31)39-32-18-26-15-25(36)16-27(19-35)38-26)28-7-8-29(33(28)2)23-4-3-22-14-24(6-5-21(22)13-23)34-9-11-37-12-10-34/h3-8,13-14,25-27,32,35-36H,9-12,15-16,18-19H2,1-2H3/b30-20+. The van der Waals surface area contributed by atoms with E-state index in [1.165, 1.54) is 28.4 Å². The molecule has 3 N–H and O–H groups in total. The van der Waals surface area contributed by atoms with Crippen LogP contribution in [0.25, 0.3) is 27.6 Å². The van der Waals surface area contributed by atoms with E-state index in [1.54, 1.807) is 0 Å². The molecule has 0 saturated carbocycles. The summed E-state index contributed by atoms with van der Waals surface area (Å²) in [6, 6.07) is 19.7. The molecular weight excluding hydrogens is 512 g/mol. The SMILES string of the molecule is C/C(=C(/C#N)SNCC1CC(O)CC(CO)O1)c1ccc(-c2ccc3cc(N4CCOCC4)ccc3c2)n1C. The summed E-state index contributed by atoms with van der Waals surface area (Å²) in [6.07, 6.45) is -0.0782. The highest BCUT2D eigenvalue weighted by Gasteiger charge is 2.27. The van der Waals surface area contributed by atoms with Gasteiger partial charge in [-0.05, 0) is 71.1 Å². The van der Waals surface area contributed by atoms with Crippen LogP contribution in [-0.4, -0.2) is 72.5 Å². The maximum absolute atomic E-state index is 10.0. The van der Waals surface area contributed by atoms with Crippen molar-refractivity contribution in [1.82, 2.24) is 9.29 Å². The number of aromatic nitrogens is 1. The topological polar surface area (TPSA) is 103 Å².